The van der Waals surface area contributed by atoms with Crippen molar-refractivity contribution in [3.8, 4) is 5.75 Å². The molecule has 6 nitrogen and oxygen atoms in total. The molecule has 0 saturated carbocycles. The molecule has 1 amide bonds. The lowest BCUT2D eigenvalue weighted by Gasteiger charge is -2.08. The normalized spacial score (nSPS) is 10.3. The number of anilines is 3. The molecule has 2 aromatic carbocycles. The Kier molecular flexibility index (Phi) is 5.20. The predicted molar refractivity (Wildman–Crippen MR) is 96.5 cm³/mol. The van der Waals surface area contributed by atoms with Crippen LogP contribution in [0.15, 0.2) is 59.1 Å². The summed E-state index contributed by atoms with van der Waals surface area (Å²) in [6.45, 7) is 1.74. The average molecular weight is 358 g/mol. The summed E-state index contributed by atoms with van der Waals surface area (Å²) in [5.74, 6) is 1.70. The number of nitrogens with one attached hydrogen (secondary N) is 2. The number of benzene rings is 2. The Morgan fingerprint density at radius 1 is 1.12 bits per heavy atom. The number of carbonyl (C=O) groups excluding carboxylic acids is 1. The highest BCUT2D eigenvalue weighted by molar-refractivity contribution is 6.30. The van der Waals surface area contributed by atoms with Gasteiger partial charge in [0.25, 0.3) is 5.91 Å². The molecule has 0 radical (unpaired) electrons. The number of aromatic nitrogens is 1. The molecular formula is C18H16ClN3O3. The Labute approximate surface area is 149 Å². The second-order valence-electron chi connectivity index (χ2n) is 5.32. The number of hydrogen-bond donors (Lipinski definition) is 2. The third-order valence-corrected chi connectivity index (χ3v) is 3.50. The molecule has 0 atom stereocenters. The maximum atomic E-state index is 11.9. The maximum Gasteiger partial charge on any atom is 0.262 e. The van der Waals surface area contributed by atoms with Crippen molar-refractivity contribution in [1.29, 1.82) is 0 Å². The first-order chi connectivity index (χ1) is 12.1. The summed E-state index contributed by atoms with van der Waals surface area (Å²) in [6.07, 6.45) is 0. The second kappa shape index (κ2) is 7.72. The van der Waals surface area contributed by atoms with E-state index in [9.17, 15) is 4.79 Å². The first-order valence-corrected chi connectivity index (χ1v) is 7.95. The number of halogens is 1. The summed E-state index contributed by atoms with van der Waals surface area (Å²) in [4.78, 5) is 11.9. The standard InChI is InChI=1S/C18H16ClN3O3/c1-12-10-17(22-25-12)20-14-4-6-15(7-5-14)21-18(23)11-24-16-8-2-13(19)3-9-16/h2-10H,11H2,1H3,(H,20,22)(H,21,23). The zero-order chi connectivity index (χ0) is 17.6. The van der Waals surface area contributed by atoms with Crippen LogP contribution < -0.4 is 15.4 Å². The Morgan fingerprint density at radius 2 is 1.80 bits per heavy atom. The van der Waals surface area contributed by atoms with Crippen LogP contribution in [0, 0.1) is 6.92 Å². The number of aryl methyl sites for hydroxylation is 1. The van der Waals surface area contributed by atoms with E-state index in [-0.39, 0.29) is 12.5 Å². The SMILES string of the molecule is Cc1cc(Nc2ccc(NC(=O)COc3ccc(Cl)cc3)cc2)no1. The smallest absolute Gasteiger partial charge is 0.262 e. The van der Waals surface area contributed by atoms with E-state index in [4.69, 9.17) is 20.9 Å². The monoisotopic (exact) mass is 357 g/mol. The molecule has 0 aliphatic carbocycles. The lowest BCUT2D eigenvalue weighted by molar-refractivity contribution is -0.118. The summed E-state index contributed by atoms with van der Waals surface area (Å²) in [5.41, 5.74) is 1.51. The van der Waals surface area contributed by atoms with Crippen molar-refractivity contribution < 1.29 is 14.1 Å². The molecule has 0 aliphatic heterocycles. The molecule has 1 aromatic heterocycles. The highest BCUT2D eigenvalue weighted by atomic mass is 35.5. The van der Waals surface area contributed by atoms with Crippen LogP contribution in [0.1, 0.15) is 5.76 Å². The van der Waals surface area contributed by atoms with Gasteiger partial charge in [-0.1, -0.05) is 16.8 Å². The molecule has 0 fully saturated rings. The van der Waals surface area contributed by atoms with Gasteiger partial charge in [-0.05, 0) is 55.5 Å². The number of ether oxygens (including phenoxy) is 1. The van der Waals surface area contributed by atoms with Gasteiger partial charge < -0.3 is 19.9 Å². The minimum absolute atomic E-state index is 0.0835. The molecule has 0 aliphatic rings. The zero-order valence-corrected chi connectivity index (χ0v) is 14.2. The van der Waals surface area contributed by atoms with E-state index < -0.39 is 0 Å². The first-order valence-electron chi connectivity index (χ1n) is 7.57. The molecule has 7 heteroatoms. The number of rotatable bonds is 6. The van der Waals surface area contributed by atoms with Gasteiger partial charge >= 0.3 is 0 Å². The van der Waals surface area contributed by atoms with Gasteiger partial charge in [0.15, 0.2) is 12.4 Å². The molecule has 0 unspecified atom stereocenters. The maximum absolute atomic E-state index is 11.9. The fraction of sp³-hybridized carbons (Fsp3) is 0.111. The Balaban J connectivity index is 1.50. The van der Waals surface area contributed by atoms with E-state index in [1.54, 1.807) is 42.5 Å². The van der Waals surface area contributed by atoms with Gasteiger partial charge in [-0.25, -0.2) is 0 Å². The van der Waals surface area contributed by atoms with Crippen LogP contribution in [0.25, 0.3) is 0 Å². The second-order valence-corrected chi connectivity index (χ2v) is 5.75. The minimum Gasteiger partial charge on any atom is -0.484 e. The van der Waals surface area contributed by atoms with Crippen molar-refractivity contribution in [1.82, 2.24) is 5.16 Å². The Hall–Kier alpha value is -2.99. The number of carbonyl (C=O) groups is 1. The molecule has 0 spiro atoms. The summed E-state index contributed by atoms with van der Waals surface area (Å²) >= 11 is 5.80. The summed E-state index contributed by atoms with van der Waals surface area (Å²) in [5, 5.41) is 10.3. The zero-order valence-electron chi connectivity index (χ0n) is 13.5. The van der Waals surface area contributed by atoms with Crippen LogP contribution >= 0.6 is 11.6 Å². The Morgan fingerprint density at radius 3 is 2.44 bits per heavy atom. The van der Waals surface area contributed by atoms with E-state index in [0.717, 1.165) is 11.4 Å². The lowest BCUT2D eigenvalue weighted by Crippen LogP contribution is -2.20. The van der Waals surface area contributed by atoms with Gasteiger partial charge in [-0.15, -0.1) is 0 Å². The number of hydrogen-bond acceptors (Lipinski definition) is 5. The van der Waals surface area contributed by atoms with Crippen LogP contribution in [0.5, 0.6) is 5.75 Å². The van der Waals surface area contributed by atoms with Crippen molar-refractivity contribution in [2.45, 2.75) is 6.92 Å². The summed E-state index contributed by atoms with van der Waals surface area (Å²) in [7, 11) is 0. The quantitative estimate of drug-likeness (QED) is 0.683. The fourth-order valence-corrected chi connectivity index (χ4v) is 2.21. The average Bonchev–Trinajstić information content (AvgIpc) is 3.01. The molecule has 128 valence electrons. The predicted octanol–water partition coefficient (Wildman–Crippen LogP) is 4.40. The van der Waals surface area contributed by atoms with Crippen molar-refractivity contribution in [3.05, 3.63) is 65.4 Å². The molecule has 0 bridgehead atoms. The van der Waals surface area contributed by atoms with Gasteiger partial charge in [0.1, 0.15) is 11.5 Å². The third kappa shape index (κ3) is 4.99. The van der Waals surface area contributed by atoms with Crippen LogP contribution in [0.4, 0.5) is 17.2 Å². The molecule has 0 saturated heterocycles. The fourth-order valence-electron chi connectivity index (χ4n) is 2.09. The summed E-state index contributed by atoms with van der Waals surface area (Å²) < 4.78 is 10.4. The number of amides is 1. The van der Waals surface area contributed by atoms with Crippen LogP contribution in [0.3, 0.4) is 0 Å². The molecular weight excluding hydrogens is 342 g/mol. The van der Waals surface area contributed by atoms with Crippen molar-refractivity contribution in [3.63, 3.8) is 0 Å². The van der Waals surface area contributed by atoms with Gasteiger partial charge in [-0.3, -0.25) is 4.79 Å². The van der Waals surface area contributed by atoms with E-state index >= 15 is 0 Å². The number of nitrogens with zero attached hydrogens (tertiary/aromatic N) is 1. The van der Waals surface area contributed by atoms with Crippen LogP contribution in [0.2, 0.25) is 5.02 Å². The van der Waals surface area contributed by atoms with Gasteiger partial charge in [0.2, 0.25) is 0 Å². The van der Waals surface area contributed by atoms with E-state index in [0.29, 0.717) is 22.3 Å². The molecule has 25 heavy (non-hydrogen) atoms. The van der Waals surface area contributed by atoms with E-state index in [1.165, 1.54) is 0 Å². The van der Waals surface area contributed by atoms with Crippen LogP contribution in [-0.4, -0.2) is 17.7 Å². The highest BCUT2D eigenvalue weighted by Crippen LogP contribution is 2.19. The van der Waals surface area contributed by atoms with Crippen molar-refractivity contribution >= 4 is 34.7 Å². The minimum atomic E-state index is -0.247. The molecule has 2 N–H and O–H groups in total. The van der Waals surface area contributed by atoms with E-state index in [1.807, 2.05) is 19.1 Å². The highest BCUT2D eigenvalue weighted by Gasteiger charge is 2.05. The lowest BCUT2D eigenvalue weighted by atomic mass is 10.2. The summed E-state index contributed by atoms with van der Waals surface area (Å²) in [6, 6.07) is 15.9. The van der Waals surface area contributed by atoms with Crippen LogP contribution in [-0.2, 0) is 4.79 Å². The van der Waals surface area contributed by atoms with Gasteiger partial charge in [0.05, 0.1) is 0 Å². The topological polar surface area (TPSA) is 76.4 Å². The molecule has 1 heterocycles. The third-order valence-electron chi connectivity index (χ3n) is 3.25. The largest absolute Gasteiger partial charge is 0.484 e. The molecule has 3 rings (SSSR count). The van der Waals surface area contributed by atoms with E-state index in [2.05, 4.69) is 15.8 Å². The van der Waals surface area contributed by atoms with Gasteiger partial charge in [0, 0.05) is 22.5 Å². The van der Waals surface area contributed by atoms with Crippen molar-refractivity contribution in [2.75, 3.05) is 17.2 Å². The van der Waals surface area contributed by atoms with Crippen molar-refractivity contribution in [2.24, 2.45) is 0 Å². The van der Waals surface area contributed by atoms with Gasteiger partial charge in [-0.2, -0.15) is 0 Å². The molecule has 3 aromatic rings. The Bertz CT molecular complexity index is 845. The first kappa shape index (κ1) is 16.9.